The third-order valence-corrected chi connectivity index (χ3v) is 6.13. The van der Waals surface area contributed by atoms with E-state index in [2.05, 4.69) is 36.2 Å². The van der Waals surface area contributed by atoms with Crippen LogP contribution < -0.4 is 9.47 Å². The van der Waals surface area contributed by atoms with Crippen molar-refractivity contribution >= 4 is 24.3 Å². The molecule has 0 aromatic heterocycles. The largest absolute Gasteiger partial charge is 0.427 e. The summed E-state index contributed by atoms with van der Waals surface area (Å²) in [6, 6.07) is 16.9. The van der Waals surface area contributed by atoms with Gasteiger partial charge in [0.05, 0.1) is 0 Å². The fraction of sp³-hybridized carbons (Fsp3) is 0.462. The number of halogens is 1. The molecule has 5 nitrogen and oxygen atoms in total. The minimum atomic E-state index is -0.289. The van der Waals surface area contributed by atoms with Gasteiger partial charge in [0.1, 0.15) is 11.5 Å². The van der Waals surface area contributed by atoms with Gasteiger partial charge in [0.15, 0.2) is 0 Å². The predicted molar refractivity (Wildman–Crippen MR) is 129 cm³/mol. The summed E-state index contributed by atoms with van der Waals surface area (Å²) in [5.74, 6) is 0.630. The van der Waals surface area contributed by atoms with Crippen molar-refractivity contribution in [1.82, 2.24) is 4.90 Å². The number of esters is 2. The zero-order valence-electron chi connectivity index (χ0n) is 19.2. The molecular formula is C26H34ClNO4. The first-order valence-electron chi connectivity index (χ1n) is 11.2. The molecule has 1 saturated heterocycles. The molecule has 2 aromatic rings. The fourth-order valence-corrected chi connectivity index (χ4v) is 4.44. The number of nitrogens with zero attached hydrogens (tertiary/aromatic N) is 1. The Kier molecular flexibility index (Phi) is 10.2. The molecule has 0 spiro atoms. The molecular weight excluding hydrogens is 426 g/mol. The number of hydrogen-bond donors (Lipinski definition) is 0. The Balaban J connectivity index is 0.00000363. The maximum atomic E-state index is 11.0. The van der Waals surface area contributed by atoms with Crippen LogP contribution in [-0.2, 0) is 22.4 Å². The number of hydrogen-bond acceptors (Lipinski definition) is 5. The summed E-state index contributed by atoms with van der Waals surface area (Å²) in [5, 5.41) is 0. The average Bonchev–Trinajstić information content (AvgIpc) is 2.73. The number of piperidine rings is 1. The number of benzene rings is 2. The third-order valence-electron chi connectivity index (χ3n) is 6.13. The molecule has 0 amide bonds. The Morgan fingerprint density at radius 2 is 1.16 bits per heavy atom. The maximum absolute atomic E-state index is 11.0. The van der Waals surface area contributed by atoms with Crippen molar-refractivity contribution in [2.45, 2.75) is 70.9 Å². The Morgan fingerprint density at radius 3 is 1.50 bits per heavy atom. The second kappa shape index (κ2) is 12.6. The highest BCUT2D eigenvalue weighted by Gasteiger charge is 2.26. The van der Waals surface area contributed by atoms with E-state index in [4.69, 9.17) is 9.47 Å². The van der Waals surface area contributed by atoms with Gasteiger partial charge in [-0.2, -0.15) is 0 Å². The highest BCUT2D eigenvalue weighted by atomic mass is 35.5. The summed E-state index contributed by atoms with van der Waals surface area (Å²) in [6.07, 6.45) is 8.09. The van der Waals surface area contributed by atoms with E-state index in [1.54, 1.807) is 0 Å². The van der Waals surface area contributed by atoms with Crippen molar-refractivity contribution in [3.8, 4) is 11.5 Å². The summed E-state index contributed by atoms with van der Waals surface area (Å²) < 4.78 is 10.2. The van der Waals surface area contributed by atoms with Gasteiger partial charge in [-0.1, -0.05) is 30.7 Å². The molecule has 0 aliphatic carbocycles. The van der Waals surface area contributed by atoms with Crippen molar-refractivity contribution in [3.63, 3.8) is 0 Å². The van der Waals surface area contributed by atoms with Gasteiger partial charge < -0.3 is 14.4 Å². The van der Waals surface area contributed by atoms with E-state index in [1.165, 1.54) is 44.2 Å². The monoisotopic (exact) mass is 459 g/mol. The molecule has 2 atom stereocenters. The minimum absolute atomic E-state index is 0. The molecule has 6 heteroatoms. The Bertz CT molecular complexity index is 795. The molecule has 1 heterocycles. The topological polar surface area (TPSA) is 55.8 Å². The van der Waals surface area contributed by atoms with Crippen LogP contribution in [0.2, 0.25) is 0 Å². The van der Waals surface area contributed by atoms with Crippen LogP contribution in [0.1, 0.15) is 57.1 Å². The number of carbonyl (C=O) groups excluding carboxylic acids is 2. The maximum Gasteiger partial charge on any atom is 0.308 e. The summed E-state index contributed by atoms with van der Waals surface area (Å²) in [4.78, 5) is 24.7. The zero-order valence-corrected chi connectivity index (χ0v) is 20.0. The lowest BCUT2D eigenvalue weighted by Gasteiger charge is -2.40. The highest BCUT2D eigenvalue weighted by Crippen LogP contribution is 2.28. The SMILES string of the molecule is CC(=O)Oc1ccc(CC[C@H]2CCC[C@@H](CCc3ccc(OC(C)=O)cc3)N2C)cc1.Cl. The molecule has 0 unspecified atom stereocenters. The van der Waals surface area contributed by atoms with Gasteiger partial charge in [0, 0.05) is 25.9 Å². The quantitative estimate of drug-likeness (QED) is 0.392. The molecule has 0 saturated carbocycles. The van der Waals surface area contributed by atoms with Crippen molar-refractivity contribution in [1.29, 1.82) is 0 Å². The van der Waals surface area contributed by atoms with Crippen LogP contribution in [0.5, 0.6) is 11.5 Å². The van der Waals surface area contributed by atoms with Crippen LogP contribution in [0.15, 0.2) is 48.5 Å². The Hall–Kier alpha value is -2.37. The van der Waals surface area contributed by atoms with Gasteiger partial charge in [-0.05, 0) is 81.0 Å². The molecule has 1 fully saturated rings. The Morgan fingerprint density at radius 1 is 0.781 bits per heavy atom. The van der Waals surface area contributed by atoms with Gasteiger partial charge in [0.25, 0.3) is 0 Å². The lowest BCUT2D eigenvalue weighted by molar-refractivity contribution is -0.132. The van der Waals surface area contributed by atoms with Gasteiger partial charge in [-0.25, -0.2) is 0 Å². The predicted octanol–water partition coefficient (Wildman–Crippen LogP) is 5.38. The molecule has 2 aromatic carbocycles. The van der Waals surface area contributed by atoms with Crippen LogP contribution in [0.4, 0.5) is 0 Å². The first-order valence-corrected chi connectivity index (χ1v) is 11.2. The van der Waals surface area contributed by atoms with Crippen LogP contribution in [0, 0.1) is 0 Å². The molecule has 32 heavy (non-hydrogen) atoms. The first kappa shape index (κ1) is 25.9. The lowest BCUT2D eigenvalue weighted by atomic mass is 9.89. The van der Waals surface area contributed by atoms with Crippen LogP contribution in [0.25, 0.3) is 0 Å². The average molecular weight is 460 g/mol. The van der Waals surface area contributed by atoms with Gasteiger partial charge in [-0.15, -0.1) is 12.4 Å². The van der Waals surface area contributed by atoms with E-state index in [1.807, 2.05) is 24.3 Å². The molecule has 0 bridgehead atoms. The number of aryl methyl sites for hydroxylation is 2. The van der Waals surface area contributed by atoms with Crippen LogP contribution in [0.3, 0.4) is 0 Å². The number of likely N-dealkylation sites (tertiary alicyclic amines) is 1. The van der Waals surface area contributed by atoms with E-state index in [9.17, 15) is 9.59 Å². The Labute approximate surface area is 197 Å². The lowest BCUT2D eigenvalue weighted by Crippen LogP contribution is -2.44. The fourth-order valence-electron chi connectivity index (χ4n) is 4.44. The molecule has 0 radical (unpaired) electrons. The second-order valence-corrected chi connectivity index (χ2v) is 8.46. The molecule has 0 N–H and O–H groups in total. The minimum Gasteiger partial charge on any atom is -0.427 e. The summed E-state index contributed by atoms with van der Waals surface area (Å²) in [7, 11) is 2.27. The van der Waals surface area contributed by atoms with E-state index >= 15 is 0 Å². The summed E-state index contributed by atoms with van der Waals surface area (Å²) >= 11 is 0. The molecule has 1 aliphatic rings. The molecule has 174 valence electrons. The number of ether oxygens (including phenoxy) is 2. The van der Waals surface area contributed by atoms with Gasteiger partial charge >= 0.3 is 11.9 Å². The van der Waals surface area contributed by atoms with Gasteiger partial charge in [-0.3, -0.25) is 9.59 Å². The zero-order chi connectivity index (χ0) is 22.2. The first-order chi connectivity index (χ1) is 14.9. The van der Waals surface area contributed by atoms with E-state index < -0.39 is 0 Å². The molecule has 1 aliphatic heterocycles. The molecule has 3 rings (SSSR count). The van der Waals surface area contributed by atoms with E-state index in [0.29, 0.717) is 23.6 Å². The third kappa shape index (κ3) is 7.95. The van der Waals surface area contributed by atoms with Crippen LogP contribution >= 0.6 is 12.4 Å². The normalized spacial score (nSPS) is 18.5. The van der Waals surface area contributed by atoms with E-state index in [0.717, 1.165) is 25.7 Å². The van der Waals surface area contributed by atoms with Crippen LogP contribution in [-0.4, -0.2) is 36.0 Å². The standard InChI is InChI=1S/C26H33NO4.ClH/c1-19(28)30-25-15-9-21(10-16-25)7-13-23-5-4-6-24(27(23)3)14-8-22-11-17-26(18-12-22)31-20(2)29;/h9-12,15-18,23-24H,4-8,13-14H2,1-3H3;1H/t23-,24+;. The summed E-state index contributed by atoms with van der Waals surface area (Å²) in [5.41, 5.74) is 2.55. The summed E-state index contributed by atoms with van der Waals surface area (Å²) in [6.45, 7) is 2.84. The van der Waals surface area contributed by atoms with Crippen molar-refractivity contribution in [3.05, 3.63) is 59.7 Å². The number of rotatable bonds is 8. The highest BCUT2D eigenvalue weighted by molar-refractivity contribution is 5.85. The van der Waals surface area contributed by atoms with Crippen molar-refractivity contribution in [2.24, 2.45) is 0 Å². The van der Waals surface area contributed by atoms with E-state index in [-0.39, 0.29) is 24.3 Å². The smallest absolute Gasteiger partial charge is 0.308 e. The number of carbonyl (C=O) groups is 2. The van der Waals surface area contributed by atoms with Crippen molar-refractivity contribution in [2.75, 3.05) is 7.05 Å². The van der Waals surface area contributed by atoms with Gasteiger partial charge in [0.2, 0.25) is 0 Å². The second-order valence-electron chi connectivity index (χ2n) is 8.46. The van der Waals surface area contributed by atoms with Crippen molar-refractivity contribution < 1.29 is 19.1 Å².